The van der Waals surface area contributed by atoms with E-state index in [0.717, 1.165) is 56.6 Å². The fraction of sp³-hybridized carbons (Fsp3) is 0.167. The van der Waals surface area contributed by atoms with Crippen molar-refractivity contribution in [1.82, 2.24) is 10.6 Å². The van der Waals surface area contributed by atoms with Crippen molar-refractivity contribution in [3.8, 4) is 0 Å². The van der Waals surface area contributed by atoms with E-state index in [0.29, 0.717) is 22.6 Å². The number of carbonyl (C=O) groups excluding carboxylic acids is 3. The minimum Gasteiger partial charge on any atom is -0.395 e. The number of benzene rings is 7. The number of hydrogen-bond acceptors (Lipinski definition) is 12. The van der Waals surface area contributed by atoms with Crippen molar-refractivity contribution in [3.63, 3.8) is 0 Å². The van der Waals surface area contributed by atoms with Gasteiger partial charge in [-0.2, -0.15) is 0 Å². The number of nitrogens with zero attached hydrogens (tertiary/aromatic N) is 3. The van der Waals surface area contributed by atoms with E-state index >= 15 is 0 Å². The van der Waals surface area contributed by atoms with Gasteiger partial charge in [0.25, 0.3) is 29.1 Å². The highest BCUT2D eigenvalue weighted by molar-refractivity contribution is 14.1. The first kappa shape index (κ1) is 59.9. The zero-order valence-corrected chi connectivity index (χ0v) is 49.6. The molecule has 75 heavy (non-hydrogen) atoms. The molecule has 0 radical (unpaired) electrons. The van der Waals surface area contributed by atoms with Crippen molar-refractivity contribution in [2.45, 2.75) is 27.2 Å². The SMILES string of the molecule is CCc1cc(I)ccc1Nc1ccc([N+](=O)[O-])cc1C(=O)NCCO.Cc1cc(I)ccc1Nc1ccc(I)cc1C(=O)NCCO.Cc1cc(I)ccc1Nc1ccc([N+](=O)[O-])cc1C(=O)N(C)c1ccccc1. The average molecular weight is 1460 g/mol. The summed E-state index contributed by atoms with van der Waals surface area (Å²) in [6, 6.07) is 41.1. The molecule has 0 aliphatic rings. The largest absolute Gasteiger partial charge is 0.395 e. The number of para-hydroxylation sites is 1. The van der Waals surface area contributed by atoms with Crippen LogP contribution in [0.2, 0.25) is 0 Å². The molecule has 7 N–H and O–H groups in total. The summed E-state index contributed by atoms with van der Waals surface area (Å²) in [5, 5.41) is 54.9. The lowest BCUT2D eigenvalue weighted by Gasteiger charge is -2.20. The molecule has 7 aromatic rings. The van der Waals surface area contributed by atoms with Crippen LogP contribution >= 0.6 is 90.4 Å². The van der Waals surface area contributed by atoms with Crippen LogP contribution in [0.25, 0.3) is 0 Å². The number of aryl methyl sites for hydroxylation is 3. The Labute approximate surface area is 488 Å². The van der Waals surface area contributed by atoms with Gasteiger partial charge in [-0.1, -0.05) is 25.1 Å². The molecule has 3 amide bonds. The predicted molar refractivity (Wildman–Crippen MR) is 330 cm³/mol. The topological polar surface area (TPSA) is 241 Å². The van der Waals surface area contributed by atoms with E-state index in [-0.39, 0.29) is 60.6 Å². The third kappa shape index (κ3) is 17.5. The molecule has 7 aromatic carbocycles. The fourth-order valence-corrected chi connectivity index (χ4v) is 9.45. The van der Waals surface area contributed by atoms with Crippen LogP contribution in [-0.4, -0.2) is 71.1 Å². The maximum Gasteiger partial charge on any atom is 0.270 e. The maximum atomic E-state index is 13.1. The number of hydrogen-bond donors (Lipinski definition) is 7. The average Bonchev–Trinajstić information content (AvgIpc) is 3.39. The molecule has 0 fully saturated rings. The zero-order valence-electron chi connectivity index (χ0n) is 40.9. The lowest BCUT2D eigenvalue weighted by atomic mass is 10.1. The molecule has 0 saturated heterocycles. The lowest BCUT2D eigenvalue weighted by Crippen LogP contribution is -2.27. The Balaban J connectivity index is 0.000000210. The Bertz CT molecular complexity index is 3180. The number of nitro benzene ring substituents is 2. The van der Waals surface area contributed by atoms with Crippen LogP contribution in [0.3, 0.4) is 0 Å². The quantitative estimate of drug-likeness (QED) is 0.0256. The third-order valence-electron chi connectivity index (χ3n) is 11.0. The second kappa shape index (κ2) is 29.3. The molecule has 7 rings (SSSR count). The Hall–Kier alpha value is -6.01. The summed E-state index contributed by atoms with van der Waals surface area (Å²) in [7, 11) is 1.65. The molecule has 0 spiro atoms. The van der Waals surface area contributed by atoms with E-state index < -0.39 is 15.8 Å². The summed E-state index contributed by atoms with van der Waals surface area (Å²) >= 11 is 8.91. The zero-order chi connectivity index (χ0) is 54.8. The van der Waals surface area contributed by atoms with Crippen LogP contribution in [0.15, 0.2) is 140 Å². The molecule has 0 aliphatic carbocycles. The van der Waals surface area contributed by atoms with Gasteiger partial charge in [0.1, 0.15) is 0 Å². The predicted octanol–water partition coefficient (Wildman–Crippen LogP) is 12.4. The lowest BCUT2D eigenvalue weighted by molar-refractivity contribution is -0.385. The van der Waals surface area contributed by atoms with E-state index in [1.807, 2.05) is 118 Å². The molecule has 0 heterocycles. The summed E-state index contributed by atoms with van der Waals surface area (Å²) in [6.45, 7) is 6.06. The number of non-ortho nitro benzene ring substituents is 2. The highest BCUT2D eigenvalue weighted by atomic mass is 127. The van der Waals surface area contributed by atoms with Gasteiger partial charge in [0.2, 0.25) is 0 Å². The number of nitrogens with one attached hydrogen (secondary N) is 5. The Morgan fingerprint density at radius 2 is 0.907 bits per heavy atom. The molecule has 0 saturated carbocycles. The normalized spacial score (nSPS) is 10.4. The van der Waals surface area contributed by atoms with Gasteiger partial charge in [0, 0.05) is 81.4 Å². The summed E-state index contributed by atoms with van der Waals surface area (Å²) in [4.78, 5) is 60.4. The van der Waals surface area contributed by atoms with Gasteiger partial charge in [-0.25, -0.2) is 0 Å². The number of amides is 3. The first-order valence-electron chi connectivity index (χ1n) is 22.9. The number of carbonyl (C=O) groups is 3. The van der Waals surface area contributed by atoms with Crippen molar-refractivity contribution in [2.75, 3.05) is 54.2 Å². The van der Waals surface area contributed by atoms with E-state index in [1.165, 1.54) is 38.8 Å². The molecule has 21 heteroatoms. The van der Waals surface area contributed by atoms with Gasteiger partial charge in [-0.3, -0.25) is 34.6 Å². The van der Waals surface area contributed by atoms with Crippen LogP contribution in [0, 0.1) is 48.4 Å². The highest BCUT2D eigenvalue weighted by Gasteiger charge is 2.22. The molecule has 0 unspecified atom stereocenters. The number of nitro groups is 2. The van der Waals surface area contributed by atoms with Crippen LogP contribution in [0.4, 0.5) is 51.2 Å². The minimum absolute atomic E-state index is 0.0741. The van der Waals surface area contributed by atoms with Crippen LogP contribution < -0.4 is 31.5 Å². The van der Waals surface area contributed by atoms with Crippen molar-refractivity contribution in [1.29, 1.82) is 0 Å². The van der Waals surface area contributed by atoms with E-state index in [9.17, 15) is 34.6 Å². The number of rotatable bonds is 17. The summed E-state index contributed by atoms with van der Waals surface area (Å²) in [6.07, 6.45) is 0.804. The monoisotopic (exact) mass is 1460 g/mol. The Morgan fingerprint density at radius 1 is 0.520 bits per heavy atom. The molecule has 17 nitrogen and oxygen atoms in total. The van der Waals surface area contributed by atoms with E-state index in [2.05, 4.69) is 123 Å². The van der Waals surface area contributed by atoms with E-state index in [4.69, 9.17) is 10.2 Å². The van der Waals surface area contributed by atoms with Crippen molar-refractivity contribution in [3.05, 3.63) is 207 Å². The smallest absolute Gasteiger partial charge is 0.270 e. The summed E-state index contributed by atoms with van der Waals surface area (Å²) < 4.78 is 4.36. The second-order valence-corrected chi connectivity index (χ2v) is 21.3. The molecule has 0 bridgehead atoms. The van der Waals surface area contributed by atoms with Gasteiger partial charge in [-0.15, -0.1) is 0 Å². The minimum atomic E-state index is -0.547. The first-order valence-corrected chi connectivity index (χ1v) is 27.2. The molecular formula is C54H52I4N8O9. The Morgan fingerprint density at radius 3 is 1.36 bits per heavy atom. The standard InChI is InChI=1S/C21H18IN3O3.C17H18IN3O4.C16H16I2N2O2/c1-14-12-15(22)8-10-19(14)23-20-11-9-17(25(27)28)13-18(20)21(26)24(2)16-6-4-3-5-7-16;1-2-11-9-12(18)3-5-15(11)20-16-6-4-13(21(24)25)10-14(16)17(23)19-7-8-22;1-10-8-11(17)2-4-14(10)20-15-5-3-12(18)9-13(15)16(22)19-6-7-21/h3-13,23H,1-2H3;3-6,9-10,20,22H,2,7-8H2,1H3,(H,19,23);2-5,8-9,20-21H,6-7H2,1H3,(H,19,22). The molecule has 0 aromatic heterocycles. The van der Waals surface area contributed by atoms with Gasteiger partial charge in [0.05, 0.1) is 56.8 Å². The molecular weight excluding hydrogens is 1410 g/mol. The number of anilines is 7. The van der Waals surface area contributed by atoms with Crippen LogP contribution in [0.5, 0.6) is 0 Å². The van der Waals surface area contributed by atoms with Crippen LogP contribution in [-0.2, 0) is 6.42 Å². The number of halogens is 4. The van der Waals surface area contributed by atoms with Gasteiger partial charge in [-0.05, 0) is 224 Å². The molecule has 0 atom stereocenters. The second-order valence-electron chi connectivity index (χ2n) is 16.3. The summed E-state index contributed by atoms with van der Waals surface area (Å²) in [5.74, 6) is -1.01. The molecule has 390 valence electrons. The fourth-order valence-electron chi connectivity index (χ4n) is 7.11. The van der Waals surface area contributed by atoms with Crippen molar-refractivity contribution in [2.24, 2.45) is 0 Å². The van der Waals surface area contributed by atoms with Crippen LogP contribution in [0.1, 0.15) is 54.7 Å². The molecule has 0 aliphatic heterocycles. The highest BCUT2D eigenvalue weighted by Crippen LogP contribution is 2.32. The van der Waals surface area contributed by atoms with Gasteiger partial charge >= 0.3 is 0 Å². The van der Waals surface area contributed by atoms with Gasteiger partial charge in [0.15, 0.2) is 0 Å². The van der Waals surface area contributed by atoms with Crippen molar-refractivity contribution < 1.29 is 34.4 Å². The third-order valence-corrected chi connectivity index (χ3v) is 13.7. The van der Waals surface area contributed by atoms with E-state index in [1.54, 1.807) is 13.1 Å². The maximum absolute atomic E-state index is 13.1. The van der Waals surface area contributed by atoms with Gasteiger partial charge < -0.3 is 41.7 Å². The first-order chi connectivity index (χ1) is 35.8. The van der Waals surface area contributed by atoms with Crippen molar-refractivity contribution >= 4 is 159 Å². The summed E-state index contributed by atoms with van der Waals surface area (Å²) in [5.41, 5.74) is 8.96. The Kier molecular flexibility index (Phi) is 23.4. The number of aliphatic hydroxyl groups is 2. The number of aliphatic hydroxyl groups excluding tert-OH is 2.